The number of nitrogens with two attached hydrogens (primary N) is 2. The number of benzene rings is 1. The number of hydrogen-bond acceptors (Lipinski definition) is 1. The lowest BCUT2D eigenvalue weighted by Gasteiger charge is -2.05. The Morgan fingerprint density at radius 1 is 1.21 bits per heavy atom. The van der Waals surface area contributed by atoms with Crippen molar-refractivity contribution >= 4 is 5.96 Å². The highest BCUT2D eigenvalue weighted by atomic mass is 15.0. The highest BCUT2D eigenvalue weighted by Crippen LogP contribution is 2.11. The third-order valence-electron chi connectivity index (χ3n) is 2.07. The summed E-state index contributed by atoms with van der Waals surface area (Å²) in [5.74, 6) is 0.149. The van der Waals surface area contributed by atoms with Crippen molar-refractivity contribution in [2.24, 2.45) is 16.5 Å². The molecule has 0 spiro atoms. The van der Waals surface area contributed by atoms with E-state index < -0.39 is 0 Å². The summed E-state index contributed by atoms with van der Waals surface area (Å²) in [6.07, 6.45) is 2.22. The van der Waals surface area contributed by atoms with E-state index in [4.69, 9.17) is 11.5 Å². The van der Waals surface area contributed by atoms with Gasteiger partial charge in [-0.2, -0.15) is 0 Å². The summed E-state index contributed by atoms with van der Waals surface area (Å²) in [6.45, 7) is 2.75. The van der Waals surface area contributed by atoms with Crippen LogP contribution in [0, 0.1) is 0 Å². The number of rotatable bonds is 4. The van der Waals surface area contributed by atoms with Crippen molar-refractivity contribution in [3.8, 4) is 0 Å². The van der Waals surface area contributed by atoms with Crippen LogP contribution in [0.5, 0.6) is 0 Å². The van der Waals surface area contributed by atoms with Gasteiger partial charge in [-0.05, 0) is 17.5 Å². The highest BCUT2D eigenvalue weighted by Gasteiger charge is 1.99. The molecule has 1 aromatic rings. The Bertz CT molecular complexity index is 314. The minimum atomic E-state index is 0.149. The predicted molar refractivity (Wildman–Crippen MR) is 60.0 cm³/mol. The van der Waals surface area contributed by atoms with E-state index in [2.05, 4.69) is 24.0 Å². The van der Waals surface area contributed by atoms with Gasteiger partial charge in [-0.25, -0.2) is 4.99 Å². The molecule has 4 N–H and O–H groups in total. The van der Waals surface area contributed by atoms with Gasteiger partial charge >= 0.3 is 0 Å². The molecule has 1 rings (SSSR count). The van der Waals surface area contributed by atoms with Gasteiger partial charge in [0.05, 0.1) is 6.54 Å². The Kier molecular flexibility index (Phi) is 3.98. The van der Waals surface area contributed by atoms with Gasteiger partial charge in [-0.1, -0.05) is 37.6 Å². The van der Waals surface area contributed by atoms with E-state index in [9.17, 15) is 0 Å². The molecule has 0 aliphatic carbocycles. The van der Waals surface area contributed by atoms with Gasteiger partial charge < -0.3 is 11.5 Å². The first kappa shape index (κ1) is 10.6. The highest BCUT2D eigenvalue weighted by molar-refractivity contribution is 5.75. The Balaban J connectivity index is 2.79. The summed E-state index contributed by atoms with van der Waals surface area (Å²) in [5.41, 5.74) is 13.1. The molecule has 1 aromatic carbocycles. The second-order valence-corrected chi connectivity index (χ2v) is 3.26. The quantitative estimate of drug-likeness (QED) is 0.558. The van der Waals surface area contributed by atoms with Crippen molar-refractivity contribution in [2.75, 3.05) is 0 Å². The third kappa shape index (κ3) is 3.09. The Labute approximate surface area is 84.8 Å². The molecular formula is C11H17N3. The van der Waals surface area contributed by atoms with Crippen molar-refractivity contribution in [3.05, 3.63) is 35.4 Å². The van der Waals surface area contributed by atoms with Crippen LogP contribution in [0.4, 0.5) is 0 Å². The zero-order chi connectivity index (χ0) is 10.4. The number of hydrogen-bond donors (Lipinski definition) is 2. The van der Waals surface area contributed by atoms with Crippen LogP contribution in [0.15, 0.2) is 29.3 Å². The van der Waals surface area contributed by atoms with Crippen LogP contribution in [-0.4, -0.2) is 5.96 Å². The largest absolute Gasteiger partial charge is 0.370 e. The van der Waals surface area contributed by atoms with Crippen molar-refractivity contribution in [3.63, 3.8) is 0 Å². The van der Waals surface area contributed by atoms with Crippen LogP contribution in [0.2, 0.25) is 0 Å². The van der Waals surface area contributed by atoms with Gasteiger partial charge in [-0.15, -0.1) is 0 Å². The van der Waals surface area contributed by atoms with E-state index in [0.717, 1.165) is 12.8 Å². The van der Waals surface area contributed by atoms with E-state index in [1.54, 1.807) is 0 Å². The van der Waals surface area contributed by atoms with Gasteiger partial charge in [0.1, 0.15) is 0 Å². The first-order chi connectivity index (χ1) is 6.74. The maximum absolute atomic E-state index is 5.29. The van der Waals surface area contributed by atoms with E-state index >= 15 is 0 Å². The molecule has 0 atom stereocenters. The van der Waals surface area contributed by atoms with Crippen LogP contribution >= 0.6 is 0 Å². The summed E-state index contributed by atoms with van der Waals surface area (Å²) in [5, 5.41) is 0. The minimum Gasteiger partial charge on any atom is -0.370 e. The molecule has 0 saturated heterocycles. The van der Waals surface area contributed by atoms with Crippen molar-refractivity contribution in [1.82, 2.24) is 0 Å². The molecule has 3 nitrogen and oxygen atoms in total. The number of guanidine groups is 1. The molecule has 0 fully saturated rings. The van der Waals surface area contributed by atoms with Crippen LogP contribution < -0.4 is 11.5 Å². The molecule has 0 aromatic heterocycles. The summed E-state index contributed by atoms with van der Waals surface area (Å²) in [6, 6.07) is 8.25. The molecule has 0 bridgehead atoms. The first-order valence-electron chi connectivity index (χ1n) is 4.86. The van der Waals surface area contributed by atoms with Gasteiger partial charge in [0, 0.05) is 0 Å². The van der Waals surface area contributed by atoms with E-state index in [1.807, 2.05) is 12.1 Å². The monoisotopic (exact) mass is 191 g/mol. The molecule has 0 aliphatic heterocycles. The van der Waals surface area contributed by atoms with Crippen LogP contribution in [0.25, 0.3) is 0 Å². The van der Waals surface area contributed by atoms with E-state index in [0.29, 0.717) is 6.54 Å². The molecular weight excluding hydrogens is 174 g/mol. The zero-order valence-electron chi connectivity index (χ0n) is 8.53. The summed E-state index contributed by atoms with van der Waals surface area (Å²) in [7, 11) is 0. The van der Waals surface area contributed by atoms with Gasteiger partial charge in [0.2, 0.25) is 0 Å². The van der Waals surface area contributed by atoms with E-state index in [-0.39, 0.29) is 5.96 Å². The molecule has 0 amide bonds. The average Bonchev–Trinajstić information content (AvgIpc) is 2.17. The second-order valence-electron chi connectivity index (χ2n) is 3.26. The summed E-state index contributed by atoms with van der Waals surface area (Å²) in [4.78, 5) is 4.01. The van der Waals surface area contributed by atoms with Crippen LogP contribution in [0.3, 0.4) is 0 Å². The third-order valence-corrected chi connectivity index (χ3v) is 2.07. The van der Waals surface area contributed by atoms with Gasteiger partial charge in [0.25, 0.3) is 0 Å². The van der Waals surface area contributed by atoms with Crippen molar-refractivity contribution in [2.45, 2.75) is 26.3 Å². The fraction of sp³-hybridized carbons (Fsp3) is 0.364. The molecule has 3 heteroatoms. The smallest absolute Gasteiger partial charge is 0.186 e. The van der Waals surface area contributed by atoms with Crippen molar-refractivity contribution in [1.29, 1.82) is 0 Å². The molecule has 14 heavy (non-hydrogen) atoms. The standard InChI is InChI=1S/C11H17N3/c1-2-5-9-6-3-4-7-10(9)8-14-11(12)13/h3-4,6-7H,2,5,8H2,1H3,(H4,12,13,14). The maximum Gasteiger partial charge on any atom is 0.186 e. The molecule has 76 valence electrons. The molecule has 0 aliphatic rings. The zero-order valence-corrected chi connectivity index (χ0v) is 8.53. The first-order valence-corrected chi connectivity index (χ1v) is 4.86. The van der Waals surface area contributed by atoms with E-state index in [1.165, 1.54) is 11.1 Å². The van der Waals surface area contributed by atoms with Crippen LogP contribution in [-0.2, 0) is 13.0 Å². The lowest BCUT2D eigenvalue weighted by atomic mass is 10.0. The number of nitrogens with zero attached hydrogens (tertiary/aromatic N) is 1. The molecule has 0 heterocycles. The summed E-state index contributed by atoms with van der Waals surface area (Å²) >= 11 is 0. The topological polar surface area (TPSA) is 64.4 Å². The van der Waals surface area contributed by atoms with Crippen molar-refractivity contribution < 1.29 is 0 Å². The number of aliphatic imine (C=N–C) groups is 1. The second kappa shape index (κ2) is 5.27. The van der Waals surface area contributed by atoms with Gasteiger partial charge in [-0.3, -0.25) is 0 Å². The fourth-order valence-corrected chi connectivity index (χ4v) is 1.40. The minimum absolute atomic E-state index is 0.149. The molecule has 0 radical (unpaired) electrons. The maximum atomic E-state index is 5.29. The Morgan fingerprint density at radius 2 is 1.86 bits per heavy atom. The summed E-state index contributed by atoms with van der Waals surface area (Å²) < 4.78 is 0. The Hall–Kier alpha value is -1.51. The Morgan fingerprint density at radius 3 is 2.43 bits per heavy atom. The average molecular weight is 191 g/mol. The lowest BCUT2D eigenvalue weighted by Crippen LogP contribution is -2.22. The lowest BCUT2D eigenvalue weighted by molar-refractivity contribution is 0.892. The fourth-order valence-electron chi connectivity index (χ4n) is 1.40. The SMILES string of the molecule is CCCc1ccccc1CN=C(N)N. The molecule has 0 saturated carbocycles. The predicted octanol–water partition coefficient (Wildman–Crippen LogP) is 1.41. The molecule has 0 unspecified atom stereocenters. The van der Waals surface area contributed by atoms with Gasteiger partial charge in [0.15, 0.2) is 5.96 Å². The number of aryl methyl sites for hydroxylation is 1. The van der Waals surface area contributed by atoms with Crippen LogP contribution in [0.1, 0.15) is 24.5 Å². The normalized spacial score (nSPS) is 9.79.